The molecule has 0 bridgehead atoms. The van der Waals surface area contributed by atoms with Crippen LogP contribution in [0.2, 0.25) is 5.02 Å². The molecule has 1 aliphatic carbocycles. The van der Waals surface area contributed by atoms with Gasteiger partial charge in [-0.1, -0.05) is 23.7 Å². The number of fused-ring (bicyclic) bond motifs is 1. The van der Waals surface area contributed by atoms with Gasteiger partial charge in [-0.15, -0.1) is 0 Å². The third kappa shape index (κ3) is 4.91. The summed E-state index contributed by atoms with van der Waals surface area (Å²) in [4.78, 5) is 35.5. The molecule has 3 heterocycles. The molecular formula is C30H26ClF3N6O2. The molecule has 3 atom stereocenters. The summed E-state index contributed by atoms with van der Waals surface area (Å²) in [6, 6.07) is 7.84. The van der Waals surface area contributed by atoms with Crippen LogP contribution in [0.15, 0.2) is 55.1 Å². The van der Waals surface area contributed by atoms with Crippen molar-refractivity contribution in [3.05, 3.63) is 88.3 Å². The molecule has 1 unspecified atom stereocenters. The van der Waals surface area contributed by atoms with Crippen LogP contribution in [0.25, 0.3) is 11.3 Å². The van der Waals surface area contributed by atoms with Crippen LogP contribution in [0.4, 0.5) is 24.5 Å². The van der Waals surface area contributed by atoms with Crippen LogP contribution in [0.1, 0.15) is 59.4 Å². The van der Waals surface area contributed by atoms with Crippen LogP contribution in [0.3, 0.4) is 0 Å². The number of amides is 2. The van der Waals surface area contributed by atoms with Crippen LogP contribution in [0, 0.1) is 24.6 Å². The van der Waals surface area contributed by atoms with Gasteiger partial charge in [-0.05, 0) is 61.9 Å². The SMILES string of the molecule is Cc1cc(N2C[C@H]3CC[C@H]3C2=O)ccc1C(C)n1cc(NC(=O)c2cncc(-c3c(C(F)F)ccc(Cl)c3F)n2)cn1. The topological polar surface area (TPSA) is 93.0 Å². The monoisotopic (exact) mass is 594 g/mol. The van der Waals surface area contributed by atoms with Crippen LogP contribution >= 0.6 is 11.6 Å². The first-order chi connectivity index (χ1) is 20.1. The van der Waals surface area contributed by atoms with E-state index in [0.29, 0.717) is 11.6 Å². The van der Waals surface area contributed by atoms with Gasteiger partial charge >= 0.3 is 0 Å². The molecule has 1 saturated heterocycles. The number of rotatable bonds is 7. The van der Waals surface area contributed by atoms with Gasteiger partial charge in [-0.3, -0.25) is 19.3 Å². The maximum absolute atomic E-state index is 14.7. The van der Waals surface area contributed by atoms with E-state index in [2.05, 4.69) is 20.4 Å². The Labute approximate surface area is 244 Å². The van der Waals surface area contributed by atoms with E-state index < -0.39 is 29.3 Å². The molecular weight excluding hydrogens is 569 g/mol. The van der Waals surface area contributed by atoms with Crippen molar-refractivity contribution in [1.29, 1.82) is 0 Å². The summed E-state index contributed by atoms with van der Waals surface area (Å²) in [5.41, 5.74) is 1.72. The molecule has 2 fully saturated rings. The van der Waals surface area contributed by atoms with Gasteiger partial charge in [0.25, 0.3) is 12.3 Å². The Bertz CT molecular complexity index is 1710. The minimum atomic E-state index is -2.99. The zero-order chi connectivity index (χ0) is 29.7. The maximum Gasteiger partial charge on any atom is 0.275 e. The zero-order valence-electron chi connectivity index (χ0n) is 22.7. The number of hydrogen-bond acceptors (Lipinski definition) is 5. The third-order valence-corrected chi connectivity index (χ3v) is 8.47. The largest absolute Gasteiger partial charge is 0.318 e. The summed E-state index contributed by atoms with van der Waals surface area (Å²) in [6.07, 6.45) is 4.46. The molecule has 8 nitrogen and oxygen atoms in total. The summed E-state index contributed by atoms with van der Waals surface area (Å²) >= 11 is 5.82. The molecule has 12 heteroatoms. The number of aryl methyl sites for hydroxylation is 1. The highest BCUT2D eigenvalue weighted by Gasteiger charge is 2.46. The Balaban J connectivity index is 1.18. The molecule has 42 heavy (non-hydrogen) atoms. The van der Waals surface area contributed by atoms with E-state index in [1.807, 2.05) is 36.9 Å². The van der Waals surface area contributed by atoms with Crippen LogP contribution < -0.4 is 10.2 Å². The van der Waals surface area contributed by atoms with Gasteiger partial charge < -0.3 is 10.2 Å². The number of carbonyl (C=O) groups is 2. The Hall–Kier alpha value is -4.25. The first-order valence-corrected chi connectivity index (χ1v) is 13.9. The Morgan fingerprint density at radius 3 is 2.57 bits per heavy atom. The number of alkyl halides is 2. The Kier molecular flexibility index (Phi) is 7.22. The van der Waals surface area contributed by atoms with E-state index in [1.54, 1.807) is 10.9 Å². The molecule has 1 aliphatic heterocycles. The molecule has 4 aromatic rings. The minimum Gasteiger partial charge on any atom is -0.318 e. The third-order valence-electron chi connectivity index (χ3n) is 8.17. The number of halogens is 4. The standard InChI is InChI=1S/C30H26ClF3N6O2/c1-15-9-19(39-13-17-3-5-21(17)30(39)42)4-6-20(15)16(2)40-14-18(10-36-40)37-29(41)25-12-35-11-24(38-25)26-22(28(33)34)7-8-23(31)27(26)32/h4,6-12,14,16-17,21,28H,3,5,13H2,1-2H3,(H,37,41)/t16?,17-,21-/m1/s1. The van der Waals surface area contributed by atoms with Crippen molar-refractivity contribution in [2.75, 3.05) is 16.8 Å². The smallest absolute Gasteiger partial charge is 0.275 e. The van der Waals surface area contributed by atoms with E-state index in [-0.39, 0.29) is 34.3 Å². The van der Waals surface area contributed by atoms with Crippen LogP contribution in [-0.4, -0.2) is 38.1 Å². The van der Waals surface area contributed by atoms with Gasteiger partial charge in [0.1, 0.15) is 5.69 Å². The lowest BCUT2D eigenvalue weighted by atomic mass is 9.76. The highest BCUT2D eigenvalue weighted by molar-refractivity contribution is 6.31. The van der Waals surface area contributed by atoms with Crippen molar-refractivity contribution < 1.29 is 22.8 Å². The Morgan fingerprint density at radius 2 is 1.90 bits per heavy atom. The van der Waals surface area contributed by atoms with Gasteiger partial charge in [0.05, 0.1) is 41.0 Å². The second-order valence-corrected chi connectivity index (χ2v) is 11.1. The summed E-state index contributed by atoms with van der Waals surface area (Å²) in [7, 11) is 0. The zero-order valence-corrected chi connectivity index (χ0v) is 23.4. The van der Waals surface area contributed by atoms with E-state index in [0.717, 1.165) is 60.7 Å². The number of benzene rings is 2. The average Bonchev–Trinajstić information content (AvgIpc) is 3.50. The highest BCUT2D eigenvalue weighted by atomic mass is 35.5. The minimum absolute atomic E-state index is 0.170. The van der Waals surface area contributed by atoms with Crippen molar-refractivity contribution in [2.45, 2.75) is 39.2 Å². The van der Waals surface area contributed by atoms with Crippen molar-refractivity contribution in [1.82, 2.24) is 19.7 Å². The summed E-state index contributed by atoms with van der Waals surface area (Å²) < 4.78 is 43.5. The molecule has 216 valence electrons. The number of aromatic nitrogens is 4. The average molecular weight is 595 g/mol. The van der Waals surface area contributed by atoms with Gasteiger partial charge in [-0.25, -0.2) is 18.2 Å². The van der Waals surface area contributed by atoms with Crippen molar-refractivity contribution in [2.24, 2.45) is 11.8 Å². The highest BCUT2D eigenvalue weighted by Crippen LogP contribution is 2.43. The van der Waals surface area contributed by atoms with Crippen molar-refractivity contribution >= 4 is 34.8 Å². The molecule has 2 amide bonds. The van der Waals surface area contributed by atoms with E-state index >= 15 is 0 Å². The molecule has 1 saturated carbocycles. The molecule has 6 rings (SSSR count). The summed E-state index contributed by atoms with van der Waals surface area (Å²) in [5.74, 6) is -0.901. The van der Waals surface area contributed by atoms with Crippen LogP contribution in [0.5, 0.6) is 0 Å². The number of carbonyl (C=O) groups excluding carboxylic acids is 2. The summed E-state index contributed by atoms with van der Waals surface area (Å²) in [6.45, 7) is 4.73. The predicted molar refractivity (Wildman–Crippen MR) is 151 cm³/mol. The van der Waals surface area contributed by atoms with Crippen LogP contribution in [-0.2, 0) is 4.79 Å². The second kappa shape index (κ2) is 10.9. The number of nitrogens with zero attached hydrogens (tertiary/aromatic N) is 5. The van der Waals surface area contributed by atoms with E-state index in [1.165, 1.54) is 6.20 Å². The van der Waals surface area contributed by atoms with Crippen molar-refractivity contribution in [3.8, 4) is 11.3 Å². The number of nitrogens with one attached hydrogen (secondary N) is 1. The molecule has 0 spiro atoms. The molecule has 2 aromatic heterocycles. The van der Waals surface area contributed by atoms with Gasteiger partial charge in [0, 0.05) is 35.5 Å². The predicted octanol–water partition coefficient (Wildman–Crippen LogP) is 6.61. The van der Waals surface area contributed by atoms with E-state index in [4.69, 9.17) is 11.6 Å². The first kappa shape index (κ1) is 27.9. The lowest BCUT2D eigenvalue weighted by molar-refractivity contribution is -0.123. The van der Waals surface area contributed by atoms with Gasteiger partial charge in [-0.2, -0.15) is 5.10 Å². The van der Waals surface area contributed by atoms with E-state index in [9.17, 15) is 22.8 Å². The first-order valence-electron chi connectivity index (χ1n) is 13.5. The lowest BCUT2D eigenvalue weighted by Crippen LogP contribution is -2.28. The number of hydrogen-bond donors (Lipinski definition) is 1. The fourth-order valence-electron chi connectivity index (χ4n) is 5.72. The van der Waals surface area contributed by atoms with Gasteiger partial charge in [0.2, 0.25) is 5.91 Å². The molecule has 0 radical (unpaired) electrons. The normalized spacial score (nSPS) is 18.6. The molecule has 2 aliphatic rings. The maximum atomic E-state index is 14.7. The second-order valence-electron chi connectivity index (χ2n) is 10.7. The van der Waals surface area contributed by atoms with Gasteiger partial charge in [0.15, 0.2) is 5.82 Å². The molecule has 2 aromatic carbocycles. The fraction of sp³-hybridized carbons (Fsp3) is 0.300. The van der Waals surface area contributed by atoms with Crippen molar-refractivity contribution in [3.63, 3.8) is 0 Å². The lowest BCUT2D eigenvalue weighted by Gasteiger charge is -2.25. The molecule has 1 N–H and O–H groups in total. The fourth-order valence-corrected chi connectivity index (χ4v) is 5.88. The Morgan fingerprint density at radius 1 is 1.12 bits per heavy atom. The summed E-state index contributed by atoms with van der Waals surface area (Å²) in [5, 5.41) is 6.71. The quantitative estimate of drug-likeness (QED) is 0.260. The number of anilines is 2.